The standard InChI is InChI=1S/C16H20N4O2S/c1-11-7-12(2)9-20(8-11)14(21)10-23-16-19-18-15(22-16)13-5-3-4-6-17-13/h3-6,11-12H,7-10H2,1-2H3. The molecule has 0 aliphatic carbocycles. The molecule has 0 aromatic carbocycles. The number of aromatic nitrogens is 3. The summed E-state index contributed by atoms with van der Waals surface area (Å²) in [6, 6.07) is 5.50. The summed E-state index contributed by atoms with van der Waals surface area (Å²) in [6.07, 6.45) is 2.86. The monoisotopic (exact) mass is 332 g/mol. The van der Waals surface area contributed by atoms with Crippen LogP contribution in [0.2, 0.25) is 0 Å². The van der Waals surface area contributed by atoms with Crippen LogP contribution in [0.5, 0.6) is 0 Å². The van der Waals surface area contributed by atoms with Gasteiger partial charge in [-0.1, -0.05) is 31.7 Å². The van der Waals surface area contributed by atoms with Gasteiger partial charge >= 0.3 is 0 Å². The topological polar surface area (TPSA) is 72.1 Å². The number of piperidine rings is 1. The van der Waals surface area contributed by atoms with Gasteiger partial charge in [-0.2, -0.15) is 0 Å². The molecule has 0 radical (unpaired) electrons. The van der Waals surface area contributed by atoms with Crippen molar-refractivity contribution < 1.29 is 9.21 Å². The third kappa shape index (κ3) is 4.10. The predicted molar refractivity (Wildman–Crippen MR) is 87.8 cm³/mol. The Morgan fingerprint density at radius 1 is 1.30 bits per heavy atom. The summed E-state index contributed by atoms with van der Waals surface area (Å²) in [5.74, 6) is 1.95. The van der Waals surface area contributed by atoms with Gasteiger partial charge in [0.1, 0.15) is 5.69 Å². The van der Waals surface area contributed by atoms with E-state index < -0.39 is 0 Å². The second-order valence-electron chi connectivity index (χ2n) is 6.12. The Morgan fingerprint density at radius 3 is 2.78 bits per heavy atom. The minimum Gasteiger partial charge on any atom is -0.410 e. The highest BCUT2D eigenvalue weighted by Gasteiger charge is 2.25. The van der Waals surface area contributed by atoms with Crippen molar-refractivity contribution in [3.8, 4) is 11.6 Å². The number of likely N-dealkylation sites (tertiary alicyclic amines) is 1. The Bertz CT molecular complexity index is 651. The molecular formula is C16H20N4O2S. The Morgan fingerprint density at radius 2 is 2.09 bits per heavy atom. The van der Waals surface area contributed by atoms with Gasteiger partial charge in [0.05, 0.1) is 5.75 Å². The quantitative estimate of drug-likeness (QED) is 0.802. The largest absolute Gasteiger partial charge is 0.410 e. The van der Waals surface area contributed by atoms with E-state index in [1.807, 2.05) is 23.1 Å². The van der Waals surface area contributed by atoms with E-state index in [1.54, 1.807) is 6.20 Å². The Labute approximate surface area is 139 Å². The number of nitrogens with zero attached hydrogens (tertiary/aromatic N) is 4. The lowest BCUT2D eigenvalue weighted by atomic mass is 9.92. The number of carbonyl (C=O) groups is 1. The van der Waals surface area contributed by atoms with Crippen molar-refractivity contribution in [3.05, 3.63) is 24.4 Å². The fourth-order valence-corrected chi connectivity index (χ4v) is 3.61. The summed E-state index contributed by atoms with van der Waals surface area (Å²) in [5.41, 5.74) is 0.636. The van der Waals surface area contributed by atoms with E-state index in [4.69, 9.17) is 4.42 Å². The molecule has 6 nitrogen and oxygen atoms in total. The van der Waals surface area contributed by atoms with Gasteiger partial charge in [-0.3, -0.25) is 9.78 Å². The third-order valence-electron chi connectivity index (χ3n) is 3.83. The van der Waals surface area contributed by atoms with Crippen molar-refractivity contribution in [2.45, 2.75) is 25.5 Å². The first kappa shape index (κ1) is 16.0. The fraction of sp³-hybridized carbons (Fsp3) is 0.500. The Balaban J connectivity index is 1.56. The maximum atomic E-state index is 12.3. The molecule has 1 saturated heterocycles. The van der Waals surface area contributed by atoms with Gasteiger partial charge < -0.3 is 9.32 Å². The molecule has 23 heavy (non-hydrogen) atoms. The zero-order chi connectivity index (χ0) is 16.2. The molecule has 1 aliphatic rings. The molecule has 2 aromatic heterocycles. The molecule has 3 heterocycles. The molecule has 0 saturated carbocycles. The number of amides is 1. The molecule has 3 rings (SSSR count). The second kappa shape index (κ2) is 7.12. The summed E-state index contributed by atoms with van der Waals surface area (Å²) in [5, 5.41) is 8.35. The molecule has 0 bridgehead atoms. The maximum Gasteiger partial charge on any atom is 0.277 e. The smallest absolute Gasteiger partial charge is 0.277 e. The van der Waals surface area contributed by atoms with Crippen LogP contribution >= 0.6 is 11.8 Å². The summed E-state index contributed by atoms with van der Waals surface area (Å²) in [6.45, 7) is 6.07. The van der Waals surface area contributed by atoms with E-state index in [1.165, 1.54) is 18.2 Å². The zero-order valence-electron chi connectivity index (χ0n) is 13.3. The summed E-state index contributed by atoms with van der Waals surface area (Å²) < 4.78 is 5.56. The highest BCUT2D eigenvalue weighted by molar-refractivity contribution is 7.99. The van der Waals surface area contributed by atoms with Gasteiger partial charge in [0.25, 0.3) is 11.1 Å². The molecular weight excluding hydrogens is 312 g/mol. The van der Waals surface area contributed by atoms with Crippen molar-refractivity contribution >= 4 is 17.7 Å². The summed E-state index contributed by atoms with van der Waals surface area (Å²) in [7, 11) is 0. The molecule has 1 aliphatic heterocycles. The van der Waals surface area contributed by atoms with E-state index in [9.17, 15) is 4.79 Å². The van der Waals surface area contributed by atoms with Gasteiger partial charge in [-0.25, -0.2) is 0 Å². The maximum absolute atomic E-state index is 12.3. The number of pyridine rings is 1. The average Bonchev–Trinajstić information content (AvgIpc) is 3.01. The molecule has 2 unspecified atom stereocenters. The van der Waals surface area contributed by atoms with Crippen LogP contribution in [0, 0.1) is 11.8 Å². The molecule has 1 amide bonds. The Hall–Kier alpha value is -1.89. The minimum absolute atomic E-state index is 0.131. The van der Waals surface area contributed by atoms with Crippen LogP contribution in [0.3, 0.4) is 0 Å². The number of rotatable bonds is 4. The van der Waals surface area contributed by atoms with Crippen LogP contribution < -0.4 is 0 Å². The highest BCUT2D eigenvalue weighted by atomic mass is 32.2. The SMILES string of the molecule is CC1CC(C)CN(C(=O)CSc2nnc(-c3ccccn3)o2)C1. The molecule has 0 N–H and O–H groups in total. The first-order valence-corrected chi connectivity index (χ1v) is 8.76. The van der Waals surface area contributed by atoms with Gasteiger partial charge in [0.15, 0.2) is 0 Å². The van der Waals surface area contributed by atoms with Gasteiger partial charge in [0.2, 0.25) is 5.91 Å². The van der Waals surface area contributed by atoms with Crippen molar-refractivity contribution in [1.82, 2.24) is 20.1 Å². The zero-order valence-corrected chi connectivity index (χ0v) is 14.1. The van der Waals surface area contributed by atoms with Crippen LogP contribution in [0.1, 0.15) is 20.3 Å². The molecule has 1 fully saturated rings. The predicted octanol–water partition coefficient (Wildman–Crippen LogP) is 2.73. The van der Waals surface area contributed by atoms with Crippen LogP contribution in [-0.2, 0) is 4.79 Å². The van der Waals surface area contributed by atoms with Gasteiger partial charge in [-0.05, 0) is 30.4 Å². The van der Waals surface area contributed by atoms with Crippen molar-refractivity contribution in [2.24, 2.45) is 11.8 Å². The number of carbonyl (C=O) groups excluding carboxylic acids is 1. The summed E-state index contributed by atoms with van der Waals surface area (Å²) in [4.78, 5) is 18.5. The number of thioether (sulfide) groups is 1. The molecule has 2 atom stereocenters. The van der Waals surface area contributed by atoms with Gasteiger partial charge in [-0.15, -0.1) is 10.2 Å². The molecule has 2 aromatic rings. The number of hydrogen-bond donors (Lipinski definition) is 0. The average molecular weight is 332 g/mol. The van der Waals surface area contributed by atoms with Crippen LogP contribution in [-0.4, -0.2) is 44.8 Å². The van der Waals surface area contributed by atoms with E-state index in [0.717, 1.165) is 13.1 Å². The second-order valence-corrected chi connectivity index (χ2v) is 7.05. The van der Waals surface area contributed by atoms with Crippen molar-refractivity contribution in [2.75, 3.05) is 18.8 Å². The first-order valence-electron chi connectivity index (χ1n) is 7.77. The lowest BCUT2D eigenvalue weighted by Gasteiger charge is -2.34. The third-order valence-corrected chi connectivity index (χ3v) is 4.63. The van der Waals surface area contributed by atoms with E-state index in [0.29, 0.717) is 34.4 Å². The lowest BCUT2D eigenvalue weighted by molar-refractivity contribution is -0.130. The van der Waals surface area contributed by atoms with E-state index >= 15 is 0 Å². The normalized spacial score (nSPS) is 21.4. The van der Waals surface area contributed by atoms with Crippen molar-refractivity contribution in [1.29, 1.82) is 0 Å². The fourth-order valence-electron chi connectivity index (χ4n) is 2.94. The summed E-state index contributed by atoms with van der Waals surface area (Å²) >= 11 is 1.28. The van der Waals surface area contributed by atoms with Crippen molar-refractivity contribution in [3.63, 3.8) is 0 Å². The Kier molecular flexibility index (Phi) is 4.95. The highest BCUT2D eigenvalue weighted by Crippen LogP contribution is 2.24. The van der Waals surface area contributed by atoms with E-state index in [-0.39, 0.29) is 5.91 Å². The lowest BCUT2D eigenvalue weighted by Crippen LogP contribution is -2.43. The van der Waals surface area contributed by atoms with Crippen LogP contribution in [0.4, 0.5) is 0 Å². The molecule has 0 spiro atoms. The first-order chi connectivity index (χ1) is 11.1. The van der Waals surface area contributed by atoms with Crippen LogP contribution in [0.25, 0.3) is 11.6 Å². The van der Waals surface area contributed by atoms with Crippen LogP contribution in [0.15, 0.2) is 34.0 Å². The molecule has 7 heteroatoms. The minimum atomic E-state index is 0.131. The number of hydrogen-bond acceptors (Lipinski definition) is 6. The van der Waals surface area contributed by atoms with E-state index in [2.05, 4.69) is 29.0 Å². The van der Waals surface area contributed by atoms with Gasteiger partial charge in [0, 0.05) is 19.3 Å². The molecule has 122 valence electrons.